The molecule has 0 aromatic carbocycles. The normalized spacial score (nSPS) is 13.5. The Morgan fingerprint density at radius 3 is 2.71 bits per heavy atom. The topological polar surface area (TPSA) is 105 Å². The van der Waals surface area contributed by atoms with E-state index in [9.17, 15) is 9.59 Å². The van der Waals surface area contributed by atoms with Crippen LogP contribution in [-0.4, -0.2) is 34.4 Å². The molecule has 1 aromatic rings. The summed E-state index contributed by atoms with van der Waals surface area (Å²) in [6.07, 6.45) is 4.66. The number of aliphatic hydroxyl groups is 1. The van der Waals surface area contributed by atoms with Crippen molar-refractivity contribution >= 4 is 11.7 Å². The molecule has 1 rings (SSSR count). The van der Waals surface area contributed by atoms with Crippen LogP contribution in [0.4, 0.5) is 0 Å². The van der Waals surface area contributed by atoms with E-state index in [2.05, 4.69) is 17.2 Å². The molecule has 6 heteroatoms. The summed E-state index contributed by atoms with van der Waals surface area (Å²) in [5, 5.41) is 11.7. The number of carbonyl (C=O) groups excluding carboxylic acids is 2. The van der Waals surface area contributed by atoms with Gasteiger partial charge in [-0.3, -0.25) is 14.6 Å². The summed E-state index contributed by atoms with van der Waals surface area (Å²) in [7, 11) is 0. The maximum atomic E-state index is 12.2. The smallest absolute Gasteiger partial charge is 0.220 e. The first kappa shape index (κ1) is 17.3. The van der Waals surface area contributed by atoms with Crippen LogP contribution in [0.5, 0.6) is 0 Å². The van der Waals surface area contributed by atoms with E-state index in [-0.39, 0.29) is 5.91 Å². The molecule has 1 heterocycles. The van der Waals surface area contributed by atoms with Gasteiger partial charge >= 0.3 is 0 Å². The number of hydrogen-bond donors (Lipinski definition) is 3. The molecule has 2 atom stereocenters. The summed E-state index contributed by atoms with van der Waals surface area (Å²) in [6.45, 7) is 1.59. The van der Waals surface area contributed by atoms with Crippen LogP contribution < -0.4 is 11.1 Å². The Morgan fingerprint density at radius 2 is 2.14 bits per heavy atom. The zero-order valence-corrected chi connectivity index (χ0v) is 12.3. The molecule has 0 aliphatic rings. The van der Waals surface area contributed by atoms with Crippen LogP contribution in [0.15, 0.2) is 24.4 Å². The standard InChI is InChI=1S/C15H23N3O3/c1-2-3-4-8-13(20)18-14(15(21)11(16)10-19)12-7-5-6-9-17-12/h5-7,9,11,14,19H,2-4,8,10,16H2,1H3,(H,18,20)/t11-,14?/m0/s1. The minimum absolute atomic E-state index is 0.211. The number of pyridine rings is 1. The lowest BCUT2D eigenvalue weighted by atomic mass is 10.0. The quantitative estimate of drug-likeness (QED) is 0.581. The van der Waals surface area contributed by atoms with Crippen molar-refractivity contribution in [1.82, 2.24) is 10.3 Å². The van der Waals surface area contributed by atoms with E-state index in [1.165, 1.54) is 0 Å². The summed E-state index contributed by atoms with van der Waals surface area (Å²) >= 11 is 0. The molecule has 0 radical (unpaired) electrons. The van der Waals surface area contributed by atoms with Gasteiger partial charge in [0, 0.05) is 12.6 Å². The molecule has 0 fully saturated rings. The molecule has 1 amide bonds. The van der Waals surface area contributed by atoms with Gasteiger partial charge < -0.3 is 16.2 Å². The van der Waals surface area contributed by atoms with Crippen molar-refractivity contribution in [3.63, 3.8) is 0 Å². The number of aromatic nitrogens is 1. The Labute approximate surface area is 124 Å². The van der Waals surface area contributed by atoms with E-state index in [0.29, 0.717) is 12.1 Å². The van der Waals surface area contributed by atoms with Gasteiger partial charge in [-0.1, -0.05) is 25.8 Å². The summed E-state index contributed by atoms with van der Waals surface area (Å²) in [6, 6.07) is 3.16. The molecule has 0 aliphatic heterocycles. The zero-order chi connectivity index (χ0) is 15.7. The minimum Gasteiger partial charge on any atom is -0.394 e. The molecular weight excluding hydrogens is 270 g/mol. The van der Waals surface area contributed by atoms with Crippen molar-refractivity contribution in [3.8, 4) is 0 Å². The maximum Gasteiger partial charge on any atom is 0.220 e. The average Bonchev–Trinajstić information content (AvgIpc) is 2.52. The number of amides is 1. The number of hydrogen-bond acceptors (Lipinski definition) is 5. The van der Waals surface area contributed by atoms with E-state index < -0.39 is 24.5 Å². The van der Waals surface area contributed by atoms with E-state index in [1.807, 2.05) is 0 Å². The second-order valence-corrected chi connectivity index (χ2v) is 4.90. The Hall–Kier alpha value is -1.79. The van der Waals surface area contributed by atoms with Crippen molar-refractivity contribution in [2.75, 3.05) is 6.61 Å². The third-order valence-corrected chi connectivity index (χ3v) is 3.14. The van der Waals surface area contributed by atoms with Crippen LogP contribution in [0, 0.1) is 0 Å². The monoisotopic (exact) mass is 293 g/mol. The number of nitrogens with one attached hydrogen (secondary N) is 1. The number of nitrogens with zero attached hydrogens (tertiary/aromatic N) is 1. The number of rotatable bonds is 9. The van der Waals surface area contributed by atoms with Crippen LogP contribution in [0.1, 0.15) is 44.3 Å². The van der Waals surface area contributed by atoms with Crippen LogP contribution in [0.2, 0.25) is 0 Å². The van der Waals surface area contributed by atoms with Crippen molar-refractivity contribution in [1.29, 1.82) is 0 Å². The molecule has 6 nitrogen and oxygen atoms in total. The van der Waals surface area contributed by atoms with Gasteiger partial charge in [0.2, 0.25) is 5.91 Å². The van der Waals surface area contributed by atoms with Crippen molar-refractivity contribution in [2.45, 2.75) is 44.7 Å². The van der Waals surface area contributed by atoms with Crippen LogP contribution in [-0.2, 0) is 9.59 Å². The third kappa shape index (κ3) is 5.61. The molecule has 0 spiro atoms. The lowest BCUT2D eigenvalue weighted by Crippen LogP contribution is -2.44. The van der Waals surface area contributed by atoms with Crippen LogP contribution >= 0.6 is 0 Å². The van der Waals surface area contributed by atoms with E-state index in [0.717, 1.165) is 19.3 Å². The van der Waals surface area contributed by atoms with Gasteiger partial charge in [0.25, 0.3) is 0 Å². The number of ketones is 1. The minimum atomic E-state index is -1.03. The molecule has 0 saturated carbocycles. The Morgan fingerprint density at radius 1 is 1.38 bits per heavy atom. The lowest BCUT2D eigenvalue weighted by Gasteiger charge is -2.19. The summed E-state index contributed by atoms with van der Waals surface area (Å²) in [5.41, 5.74) is 6.00. The summed E-state index contributed by atoms with van der Waals surface area (Å²) in [4.78, 5) is 28.2. The number of carbonyl (C=O) groups is 2. The fourth-order valence-corrected chi connectivity index (χ4v) is 1.91. The van der Waals surface area contributed by atoms with Gasteiger partial charge in [-0.15, -0.1) is 0 Å². The Balaban J connectivity index is 2.78. The number of aliphatic hydroxyl groups excluding tert-OH is 1. The Bertz CT molecular complexity index is 451. The van der Waals surface area contributed by atoms with Gasteiger partial charge in [-0.2, -0.15) is 0 Å². The second kappa shape index (κ2) is 9.20. The largest absolute Gasteiger partial charge is 0.394 e. The van der Waals surface area contributed by atoms with Gasteiger partial charge in [0.15, 0.2) is 5.78 Å². The van der Waals surface area contributed by atoms with E-state index >= 15 is 0 Å². The molecule has 21 heavy (non-hydrogen) atoms. The Kier molecular flexibility index (Phi) is 7.56. The highest BCUT2D eigenvalue weighted by Crippen LogP contribution is 2.13. The number of Topliss-reactive ketones (excluding diaryl/α,β-unsaturated/α-hetero) is 1. The highest BCUT2D eigenvalue weighted by molar-refractivity contribution is 5.93. The van der Waals surface area contributed by atoms with Gasteiger partial charge in [0.1, 0.15) is 6.04 Å². The first-order chi connectivity index (χ1) is 10.1. The number of nitrogens with two attached hydrogens (primary N) is 1. The predicted octanol–water partition coefficient (Wildman–Crippen LogP) is 0.708. The van der Waals surface area contributed by atoms with Crippen molar-refractivity contribution in [2.24, 2.45) is 5.73 Å². The third-order valence-electron chi connectivity index (χ3n) is 3.14. The molecule has 0 aliphatic carbocycles. The molecule has 1 unspecified atom stereocenters. The molecule has 4 N–H and O–H groups in total. The summed E-state index contributed by atoms with van der Waals surface area (Å²) < 4.78 is 0. The van der Waals surface area contributed by atoms with Gasteiger partial charge in [-0.05, 0) is 18.6 Å². The zero-order valence-electron chi connectivity index (χ0n) is 12.3. The molecule has 0 saturated heterocycles. The van der Waals surface area contributed by atoms with E-state index in [1.54, 1.807) is 24.4 Å². The number of unbranched alkanes of at least 4 members (excludes halogenated alkanes) is 2. The fourth-order valence-electron chi connectivity index (χ4n) is 1.91. The lowest BCUT2D eigenvalue weighted by molar-refractivity contribution is -0.129. The molecule has 1 aromatic heterocycles. The predicted molar refractivity (Wildman–Crippen MR) is 79.3 cm³/mol. The van der Waals surface area contributed by atoms with Crippen LogP contribution in [0.3, 0.4) is 0 Å². The highest BCUT2D eigenvalue weighted by Gasteiger charge is 2.27. The van der Waals surface area contributed by atoms with Gasteiger partial charge in [0.05, 0.1) is 18.3 Å². The second-order valence-electron chi connectivity index (χ2n) is 4.90. The molecular formula is C15H23N3O3. The fraction of sp³-hybridized carbons (Fsp3) is 0.533. The molecule has 116 valence electrons. The molecule has 0 bridgehead atoms. The summed E-state index contributed by atoms with van der Waals surface area (Å²) in [5.74, 6) is -0.655. The maximum absolute atomic E-state index is 12.2. The first-order valence-corrected chi connectivity index (χ1v) is 7.20. The SMILES string of the molecule is CCCCCC(=O)NC(C(=O)[C@@H](N)CO)c1ccccn1. The first-order valence-electron chi connectivity index (χ1n) is 7.20. The van der Waals surface area contributed by atoms with Crippen molar-refractivity contribution in [3.05, 3.63) is 30.1 Å². The van der Waals surface area contributed by atoms with Gasteiger partial charge in [-0.25, -0.2) is 0 Å². The highest BCUT2D eigenvalue weighted by atomic mass is 16.3. The van der Waals surface area contributed by atoms with Crippen LogP contribution in [0.25, 0.3) is 0 Å². The average molecular weight is 293 g/mol. The van der Waals surface area contributed by atoms with E-state index in [4.69, 9.17) is 10.8 Å². The van der Waals surface area contributed by atoms with Crippen molar-refractivity contribution < 1.29 is 14.7 Å².